The molecule has 0 aliphatic carbocycles. The van der Waals surface area contributed by atoms with Gasteiger partial charge >= 0.3 is 0 Å². The number of halogens is 1. The van der Waals surface area contributed by atoms with E-state index in [0.29, 0.717) is 26.3 Å². The number of nitrogens with one attached hydrogen (secondary N) is 2. The molecule has 1 aliphatic heterocycles. The Labute approximate surface area is 222 Å². The number of amides is 1. The summed E-state index contributed by atoms with van der Waals surface area (Å²) < 4.78 is 5.63. The maximum atomic E-state index is 12.7. The maximum absolute atomic E-state index is 12.7. The predicted molar refractivity (Wildman–Crippen MR) is 154 cm³/mol. The van der Waals surface area contributed by atoms with Crippen LogP contribution in [-0.2, 0) is 11.2 Å². The van der Waals surface area contributed by atoms with Crippen LogP contribution in [0.3, 0.4) is 0 Å². The van der Waals surface area contributed by atoms with Crippen molar-refractivity contribution >= 4 is 34.6 Å². The molecule has 36 heavy (non-hydrogen) atoms. The lowest BCUT2D eigenvalue weighted by atomic mass is 10.1. The summed E-state index contributed by atoms with van der Waals surface area (Å²) in [6.45, 7) is 10.6. The van der Waals surface area contributed by atoms with Crippen molar-refractivity contribution in [3.8, 4) is 5.75 Å². The molecule has 200 valence electrons. The SMILES string of the molecule is CC.COc1cc2c(cc1NCN(C)C[C@H](Cl)C(C)Nc1ccccc1C)N(C(=O)CN(C)C)CC2. The molecule has 1 aliphatic rings. The van der Waals surface area contributed by atoms with E-state index in [2.05, 4.69) is 41.5 Å². The smallest absolute Gasteiger partial charge is 0.241 e. The van der Waals surface area contributed by atoms with E-state index in [1.165, 1.54) is 5.56 Å². The van der Waals surface area contributed by atoms with Gasteiger partial charge in [0.1, 0.15) is 5.75 Å². The topological polar surface area (TPSA) is 60.1 Å². The Balaban J connectivity index is 0.00000222. The highest BCUT2D eigenvalue weighted by Crippen LogP contribution is 2.37. The van der Waals surface area contributed by atoms with E-state index in [1.807, 2.05) is 69.1 Å². The van der Waals surface area contributed by atoms with E-state index >= 15 is 0 Å². The summed E-state index contributed by atoms with van der Waals surface area (Å²) in [4.78, 5) is 18.6. The number of carbonyl (C=O) groups is 1. The highest BCUT2D eigenvalue weighted by Gasteiger charge is 2.27. The second-order valence-corrected chi connectivity index (χ2v) is 9.91. The predicted octanol–water partition coefficient (Wildman–Crippen LogP) is 4.89. The second kappa shape index (κ2) is 14.3. The Kier molecular flexibility index (Phi) is 11.8. The number of nitrogens with zero attached hydrogens (tertiary/aromatic N) is 3. The molecule has 1 unspecified atom stereocenters. The molecule has 0 saturated carbocycles. The number of anilines is 3. The summed E-state index contributed by atoms with van der Waals surface area (Å²) >= 11 is 6.74. The first kappa shape index (κ1) is 29.7. The molecule has 7 nitrogen and oxygen atoms in total. The number of para-hydroxylation sites is 1. The van der Waals surface area contributed by atoms with E-state index in [0.717, 1.165) is 34.8 Å². The highest BCUT2D eigenvalue weighted by molar-refractivity contribution is 6.21. The molecule has 2 N–H and O–H groups in total. The average molecular weight is 518 g/mol. The Hall–Kier alpha value is -2.48. The van der Waals surface area contributed by atoms with Gasteiger partial charge in [0, 0.05) is 30.5 Å². The molecular formula is C28H44ClN5O2. The molecule has 0 bridgehead atoms. The van der Waals surface area contributed by atoms with Crippen molar-refractivity contribution in [1.29, 1.82) is 0 Å². The Bertz CT molecular complexity index is 984. The maximum Gasteiger partial charge on any atom is 0.241 e. The van der Waals surface area contributed by atoms with Crippen LogP contribution < -0.4 is 20.3 Å². The third kappa shape index (κ3) is 8.02. The zero-order chi connectivity index (χ0) is 26.8. The van der Waals surface area contributed by atoms with Crippen molar-refractivity contribution < 1.29 is 9.53 Å². The van der Waals surface area contributed by atoms with Gasteiger partial charge in [-0.25, -0.2) is 0 Å². The molecule has 0 fully saturated rings. The first-order valence-electron chi connectivity index (χ1n) is 12.7. The van der Waals surface area contributed by atoms with Gasteiger partial charge in [-0.05, 0) is 70.7 Å². The molecule has 0 spiro atoms. The quantitative estimate of drug-likeness (QED) is 0.327. The molecule has 8 heteroatoms. The molecular weight excluding hydrogens is 474 g/mol. The fourth-order valence-electron chi connectivity index (χ4n) is 4.15. The van der Waals surface area contributed by atoms with Crippen molar-refractivity contribution in [2.45, 2.75) is 45.5 Å². The summed E-state index contributed by atoms with van der Waals surface area (Å²) in [6, 6.07) is 12.4. The Morgan fingerprint density at radius 3 is 2.50 bits per heavy atom. The molecule has 0 saturated heterocycles. The normalized spacial score (nSPS) is 14.1. The molecule has 2 aromatic rings. The number of alkyl halides is 1. The standard InChI is InChI=1S/C26H38ClN5O2.C2H6/c1-18-9-7-8-10-22(18)29-19(2)21(27)15-31(5)17-28-23-14-24-20(13-25(23)34-6)11-12-32(24)26(33)16-30(3)4;1-2/h7-10,13-14,19,21,28-29H,11-12,15-17H2,1-6H3;1-2H3/t19?,21-;/m0./s1. The zero-order valence-electron chi connectivity index (χ0n) is 23.2. The van der Waals surface area contributed by atoms with Crippen LogP contribution in [0, 0.1) is 6.92 Å². The van der Waals surface area contributed by atoms with Crippen LogP contribution in [0.4, 0.5) is 17.1 Å². The Morgan fingerprint density at radius 1 is 1.17 bits per heavy atom. The number of benzene rings is 2. The second-order valence-electron chi connectivity index (χ2n) is 9.35. The molecule has 1 heterocycles. The van der Waals surface area contributed by atoms with Gasteiger partial charge in [0.2, 0.25) is 5.91 Å². The molecule has 1 amide bonds. The van der Waals surface area contributed by atoms with E-state index < -0.39 is 0 Å². The zero-order valence-corrected chi connectivity index (χ0v) is 23.9. The van der Waals surface area contributed by atoms with E-state index in [9.17, 15) is 4.79 Å². The number of rotatable bonds is 11. The fraction of sp³-hybridized carbons (Fsp3) is 0.536. The Morgan fingerprint density at radius 2 is 1.86 bits per heavy atom. The van der Waals surface area contributed by atoms with Gasteiger partial charge in [-0.2, -0.15) is 0 Å². The van der Waals surface area contributed by atoms with Gasteiger partial charge in [-0.15, -0.1) is 11.6 Å². The largest absolute Gasteiger partial charge is 0.495 e. The molecule has 3 rings (SSSR count). The molecule has 0 radical (unpaired) electrons. The van der Waals surface area contributed by atoms with E-state index in [4.69, 9.17) is 16.3 Å². The van der Waals surface area contributed by atoms with E-state index in [1.54, 1.807) is 7.11 Å². The summed E-state index contributed by atoms with van der Waals surface area (Å²) in [5.74, 6) is 0.892. The van der Waals surface area contributed by atoms with Crippen LogP contribution in [0.1, 0.15) is 31.9 Å². The van der Waals surface area contributed by atoms with Gasteiger partial charge in [-0.1, -0.05) is 32.0 Å². The van der Waals surface area contributed by atoms with Crippen LogP contribution in [0.15, 0.2) is 36.4 Å². The summed E-state index contributed by atoms with van der Waals surface area (Å²) in [5, 5.41) is 6.92. The number of likely N-dealkylation sites (N-methyl/N-ethyl adjacent to an activating group) is 1. The van der Waals surface area contributed by atoms with Gasteiger partial charge in [0.25, 0.3) is 0 Å². The number of hydrogen-bond donors (Lipinski definition) is 2. The lowest BCUT2D eigenvalue weighted by Gasteiger charge is -2.27. The van der Waals surface area contributed by atoms with Gasteiger partial charge in [0.15, 0.2) is 0 Å². The average Bonchev–Trinajstić information content (AvgIpc) is 3.27. The highest BCUT2D eigenvalue weighted by atomic mass is 35.5. The monoisotopic (exact) mass is 517 g/mol. The van der Waals surface area contributed by atoms with Crippen molar-refractivity contribution in [2.24, 2.45) is 0 Å². The van der Waals surface area contributed by atoms with Crippen LogP contribution >= 0.6 is 11.6 Å². The third-order valence-electron chi connectivity index (χ3n) is 6.15. The van der Waals surface area contributed by atoms with Crippen LogP contribution in [0.5, 0.6) is 5.75 Å². The van der Waals surface area contributed by atoms with Crippen LogP contribution in [0.25, 0.3) is 0 Å². The first-order valence-corrected chi connectivity index (χ1v) is 13.2. The summed E-state index contributed by atoms with van der Waals surface area (Å²) in [7, 11) is 7.53. The van der Waals surface area contributed by atoms with Crippen molar-refractivity contribution in [3.05, 3.63) is 47.5 Å². The van der Waals surface area contributed by atoms with Crippen molar-refractivity contribution in [1.82, 2.24) is 9.80 Å². The number of fused-ring (bicyclic) bond motifs is 1. The number of ether oxygens (including phenoxy) is 1. The number of hydrogen-bond acceptors (Lipinski definition) is 6. The lowest BCUT2D eigenvalue weighted by molar-refractivity contribution is -0.119. The third-order valence-corrected chi connectivity index (χ3v) is 6.66. The number of methoxy groups -OCH3 is 1. The lowest BCUT2D eigenvalue weighted by Crippen LogP contribution is -2.38. The van der Waals surface area contributed by atoms with Gasteiger partial charge in [0.05, 0.1) is 31.4 Å². The van der Waals surface area contributed by atoms with Gasteiger partial charge in [-0.3, -0.25) is 9.69 Å². The molecule has 0 aromatic heterocycles. The van der Waals surface area contributed by atoms with Crippen molar-refractivity contribution in [3.63, 3.8) is 0 Å². The number of aryl methyl sites for hydroxylation is 1. The minimum Gasteiger partial charge on any atom is -0.495 e. The van der Waals surface area contributed by atoms with E-state index in [-0.39, 0.29) is 17.3 Å². The first-order chi connectivity index (χ1) is 17.2. The summed E-state index contributed by atoms with van der Waals surface area (Å²) in [5.41, 5.74) is 5.28. The number of carbonyl (C=O) groups excluding carboxylic acids is 1. The fourth-order valence-corrected chi connectivity index (χ4v) is 4.45. The van der Waals surface area contributed by atoms with Gasteiger partial charge < -0.3 is 25.2 Å². The van der Waals surface area contributed by atoms with Crippen LogP contribution in [-0.4, -0.2) is 81.7 Å². The summed E-state index contributed by atoms with van der Waals surface area (Å²) in [6.07, 6.45) is 0.838. The molecule has 2 aromatic carbocycles. The minimum atomic E-state index is -0.0764. The minimum absolute atomic E-state index is 0.0764. The van der Waals surface area contributed by atoms with Crippen molar-refractivity contribution in [2.75, 3.05) is 70.1 Å². The van der Waals surface area contributed by atoms with Crippen LogP contribution in [0.2, 0.25) is 0 Å². The molecule has 2 atom stereocenters.